The van der Waals surface area contributed by atoms with Crippen LogP contribution in [0, 0.1) is 17.2 Å². The van der Waals surface area contributed by atoms with Crippen LogP contribution in [0.25, 0.3) is 0 Å². The van der Waals surface area contributed by atoms with E-state index in [-0.39, 0.29) is 13.0 Å². The Labute approximate surface area is 71.1 Å². The van der Waals surface area contributed by atoms with Crippen molar-refractivity contribution in [3.05, 3.63) is 0 Å². The van der Waals surface area contributed by atoms with E-state index in [1.54, 1.807) is 19.9 Å². The first-order valence-corrected chi connectivity index (χ1v) is 3.76. The summed E-state index contributed by atoms with van der Waals surface area (Å²) in [6, 6.07) is 1.61. The number of esters is 1. The SMILES string of the molecule is CCOC(=O)C(C#N)C(=O)CC. The molecule has 0 aliphatic rings. The van der Waals surface area contributed by atoms with Gasteiger partial charge in [0.1, 0.15) is 0 Å². The molecule has 66 valence electrons. The normalized spacial score (nSPS) is 11.4. The third kappa shape index (κ3) is 2.70. The van der Waals surface area contributed by atoms with Gasteiger partial charge in [0.25, 0.3) is 0 Å². The quantitative estimate of drug-likeness (QED) is 0.458. The van der Waals surface area contributed by atoms with Gasteiger partial charge in [0.05, 0.1) is 12.7 Å². The van der Waals surface area contributed by atoms with Crippen LogP contribution < -0.4 is 0 Å². The minimum Gasteiger partial charge on any atom is -0.465 e. The highest BCUT2D eigenvalue weighted by atomic mass is 16.5. The van der Waals surface area contributed by atoms with Gasteiger partial charge in [-0.1, -0.05) is 6.92 Å². The van der Waals surface area contributed by atoms with Crippen LogP contribution in [0.1, 0.15) is 20.3 Å². The van der Waals surface area contributed by atoms with E-state index >= 15 is 0 Å². The molecule has 0 aliphatic carbocycles. The number of hydrogen-bond donors (Lipinski definition) is 0. The fourth-order valence-corrected chi connectivity index (χ4v) is 0.686. The van der Waals surface area contributed by atoms with Crippen molar-refractivity contribution in [1.29, 1.82) is 5.26 Å². The largest absolute Gasteiger partial charge is 0.465 e. The van der Waals surface area contributed by atoms with Crippen molar-refractivity contribution < 1.29 is 14.3 Å². The Bertz CT molecular complexity index is 217. The predicted octanol–water partition coefficient (Wildman–Crippen LogP) is 0.668. The Morgan fingerprint density at radius 1 is 1.50 bits per heavy atom. The molecule has 0 spiro atoms. The zero-order valence-electron chi connectivity index (χ0n) is 7.16. The van der Waals surface area contributed by atoms with Crippen molar-refractivity contribution in [2.75, 3.05) is 6.61 Å². The molecule has 0 aliphatic heterocycles. The van der Waals surface area contributed by atoms with E-state index in [9.17, 15) is 9.59 Å². The molecule has 0 aromatic heterocycles. The molecule has 0 saturated heterocycles. The molecule has 0 N–H and O–H groups in total. The number of nitriles is 1. The van der Waals surface area contributed by atoms with Crippen LogP contribution >= 0.6 is 0 Å². The molecule has 0 heterocycles. The van der Waals surface area contributed by atoms with E-state index in [1.165, 1.54) is 0 Å². The average Bonchev–Trinajstić information content (AvgIpc) is 2.06. The van der Waals surface area contributed by atoms with Crippen molar-refractivity contribution in [3.63, 3.8) is 0 Å². The van der Waals surface area contributed by atoms with Gasteiger partial charge in [-0.3, -0.25) is 9.59 Å². The van der Waals surface area contributed by atoms with Crippen molar-refractivity contribution in [1.82, 2.24) is 0 Å². The molecule has 0 fully saturated rings. The molecule has 0 aromatic carbocycles. The van der Waals surface area contributed by atoms with Gasteiger partial charge in [-0.25, -0.2) is 0 Å². The summed E-state index contributed by atoms with van der Waals surface area (Å²) in [6.07, 6.45) is 0.178. The first kappa shape index (κ1) is 10.6. The summed E-state index contributed by atoms with van der Waals surface area (Å²) in [4.78, 5) is 21.8. The molecule has 12 heavy (non-hydrogen) atoms. The van der Waals surface area contributed by atoms with Crippen LogP contribution in [-0.4, -0.2) is 18.4 Å². The molecule has 0 aromatic rings. The third-order valence-electron chi connectivity index (χ3n) is 1.32. The van der Waals surface area contributed by atoms with Crippen molar-refractivity contribution >= 4 is 11.8 Å². The summed E-state index contributed by atoms with van der Waals surface area (Å²) >= 11 is 0. The molecule has 1 atom stereocenters. The Morgan fingerprint density at radius 3 is 2.42 bits per heavy atom. The molecule has 4 heteroatoms. The topological polar surface area (TPSA) is 67.2 Å². The van der Waals surface area contributed by atoms with Crippen LogP contribution in [0.4, 0.5) is 0 Å². The van der Waals surface area contributed by atoms with Gasteiger partial charge < -0.3 is 4.74 Å². The molecule has 0 saturated carbocycles. The number of ether oxygens (including phenoxy) is 1. The van der Waals surface area contributed by atoms with Crippen LogP contribution in [0.5, 0.6) is 0 Å². The molecule has 4 nitrogen and oxygen atoms in total. The highest BCUT2D eigenvalue weighted by molar-refractivity contribution is 6.01. The number of rotatable bonds is 4. The minimum absolute atomic E-state index is 0.178. The maximum atomic E-state index is 10.9. The molecule has 1 unspecified atom stereocenters. The lowest BCUT2D eigenvalue weighted by atomic mass is 10.0. The summed E-state index contributed by atoms with van der Waals surface area (Å²) in [5, 5.41) is 8.45. The van der Waals surface area contributed by atoms with Crippen molar-refractivity contribution in [2.24, 2.45) is 5.92 Å². The fraction of sp³-hybridized carbons (Fsp3) is 0.625. The maximum absolute atomic E-state index is 10.9. The van der Waals surface area contributed by atoms with Gasteiger partial charge in [0.15, 0.2) is 5.78 Å². The second kappa shape index (κ2) is 5.30. The lowest BCUT2D eigenvalue weighted by molar-refractivity contribution is -0.149. The Morgan fingerprint density at radius 2 is 2.08 bits per heavy atom. The fourth-order valence-electron chi connectivity index (χ4n) is 0.686. The minimum atomic E-state index is -1.24. The van der Waals surface area contributed by atoms with Gasteiger partial charge in [0.2, 0.25) is 5.92 Å². The number of Topliss-reactive ketones (excluding diaryl/α,β-unsaturated/α-hetero) is 1. The van der Waals surface area contributed by atoms with Gasteiger partial charge in [-0.15, -0.1) is 0 Å². The summed E-state index contributed by atoms with van der Waals surface area (Å²) in [5.41, 5.74) is 0. The van der Waals surface area contributed by atoms with Gasteiger partial charge >= 0.3 is 5.97 Å². The van der Waals surface area contributed by atoms with E-state index in [4.69, 9.17) is 5.26 Å². The standard InChI is InChI=1S/C8H11NO3/c1-3-7(10)6(5-9)8(11)12-4-2/h6H,3-4H2,1-2H3. The lowest BCUT2D eigenvalue weighted by Crippen LogP contribution is -2.24. The van der Waals surface area contributed by atoms with E-state index in [1.807, 2.05) is 0 Å². The first-order chi connectivity index (χ1) is 5.67. The average molecular weight is 169 g/mol. The molecular weight excluding hydrogens is 158 g/mol. The van der Waals surface area contributed by atoms with E-state index < -0.39 is 17.7 Å². The number of carbonyl (C=O) groups excluding carboxylic acids is 2. The third-order valence-corrected chi connectivity index (χ3v) is 1.32. The molecular formula is C8H11NO3. The highest BCUT2D eigenvalue weighted by Crippen LogP contribution is 2.02. The van der Waals surface area contributed by atoms with Gasteiger partial charge in [-0.2, -0.15) is 5.26 Å². The second-order valence-corrected chi connectivity index (χ2v) is 2.13. The Hall–Kier alpha value is -1.37. The zero-order chi connectivity index (χ0) is 9.56. The van der Waals surface area contributed by atoms with E-state index in [2.05, 4.69) is 4.74 Å². The number of hydrogen-bond acceptors (Lipinski definition) is 4. The first-order valence-electron chi connectivity index (χ1n) is 3.76. The molecule has 0 rings (SSSR count). The lowest BCUT2D eigenvalue weighted by Gasteiger charge is -2.04. The maximum Gasteiger partial charge on any atom is 0.331 e. The monoisotopic (exact) mass is 169 g/mol. The van der Waals surface area contributed by atoms with Crippen molar-refractivity contribution in [2.45, 2.75) is 20.3 Å². The number of nitrogens with zero attached hydrogens (tertiary/aromatic N) is 1. The van der Waals surface area contributed by atoms with Gasteiger partial charge in [-0.05, 0) is 6.92 Å². The summed E-state index contributed by atoms with van der Waals surface area (Å²) < 4.78 is 4.54. The smallest absolute Gasteiger partial charge is 0.331 e. The number of ketones is 1. The van der Waals surface area contributed by atoms with Gasteiger partial charge in [0, 0.05) is 6.42 Å². The summed E-state index contributed by atoms with van der Waals surface area (Å²) in [6.45, 7) is 3.42. The van der Waals surface area contributed by atoms with Crippen LogP contribution in [0.3, 0.4) is 0 Å². The second-order valence-electron chi connectivity index (χ2n) is 2.13. The van der Waals surface area contributed by atoms with Crippen LogP contribution in [-0.2, 0) is 14.3 Å². The van der Waals surface area contributed by atoms with Crippen molar-refractivity contribution in [3.8, 4) is 6.07 Å². The van der Waals surface area contributed by atoms with E-state index in [0.717, 1.165) is 0 Å². The molecule has 0 bridgehead atoms. The predicted molar refractivity (Wildman–Crippen MR) is 41.0 cm³/mol. The van der Waals surface area contributed by atoms with Crippen LogP contribution in [0.15, 0.2) is 0 Å². The molecule has 0 amide bonds. The van der Waals surface area contributed by atoms with E-state index in [0.29, 0.717) is 0 Å². The highest BCUT2D eigenvalue weighted by Gasteiger charge is 2.25. The Kier molecular flexibility index (Phi) is 4.70. The van der Waals surface area contributed by atoms with Crippen LogP contribution in [0.2, 0.25) is 0 Å². The summed E-state index contributed by atoms with van der Waals surface area (Å²) in [5.74, 6) is -2.38. The summed E-state index contributed by atoms with van der Waals surface area (Å²) in [7, 11) is 0. The Balaban J connectivity index is 4.27. The zero-order valence-corrected chi connectivity index (χ0v) is 7.16. The number of carbonyl (C=O) groups is 2. The molecule has 0 radical (unpaired) electrons.